The Morgan fingerprint density at radius 3 is 2.62 bits per heavy atom. The standard InChI is InChI=1S/C14H19NO/c1-9-7-13(16)11-8-10(14(2,3)4)5-6-12(11)15-9/h5-6,8-9,15H,7H2,1-4H3. The van der Waals surface area contributed by atoms with Crippen molar-refractivity contribution in [2.45, 2.75) is 45.6 Å². The number of rotatable bonds is 0. The van der Waals surface area contributed by atoms with E-state index in [1.54, 1.807) is 0 Å². The van der Waals surface area contributed by atoms with Crippen molar-refractivity contribution in [1.82, 2.24) is 0 Å². The first-order chi connectivity index (χ1) is 7.38. The Morgan fingerprint density at radius 2 is 2.00 bits per heavy atom. The lowest BCUT2D eigenvalue weighted by molar-refractivity contribution is 0.0974. The minimum absolute atomic E-state index is 0.0956. The van der Waals surface area contributed by atoms with Crippen LogP contribution in [0.15, 0.2) is 18.2 Å². The van der Waals surface area contributed by atoms with Crippen LogP contribution < -0.4 is 5.32 Å². The van der Waals surface area contributed by atoms with E-state index in [1.807, 2.05) is 19.1 Å². The van der Waals surface area contributed by atoms with Crippen LogP contribution in [0.4, 0.5) is 5.69 Å². The molecule has 1 aliphatic rings. The molecule has 2 nitrogen and oxygen atoms in total. The zero-order valence-electron chi connectivity index (χ0n) is 10.4. The highest BCUT2D eigenvalue weighted by Crippen LogP contribution is 2.30. The second-order valence-corrected chi connectivity index (χ2v) is 5.68. The largest absolute Gasteiger partial charge is 0.382 e. The predicted octanol–water partition coefficient (Wildman–Crippen LogP) is 3.37. The Bertz CT molecular complexity index is 429. The van der Waals surface area contributed by atoms with Crippen molar-refractivity contribution in [3.63, 3.8) is 0 Å². The molecule has 0 bridgehead atoms. The fourth-order valence-electron chi connectivity index (χ4n) is 2.07. The molecule has 1 aromatic carbocycles. The summed E-state index contributed by atoms with van der Waals surface area (Å²) in [5.74, 6) is 0.257. The summed E-state index contributed by atoms with van der Waals surface area (Å²) < 4.78 is 0. The van der Waals surface area contributed by atoms with E-state index in [0.29, 0.717) is 6.42 Å². The van der Waals surface area contributed by atoms with Gasteiger partial charge in [0.2, 0.25) is 0 Å². The second-order valence-electron chi connectivity index (χ2n) is 5.68. The van der Waals surface area contributed by atoms with Gasteiger partial charge in [-0.15, -0.1) is 0 Å². The van der Waals surface area contributed by atoms with Crippen LogP contribution >= 0.6 is 0 Å². The molecule has 0 saturated carbocycles. The molecule has 16 heavy (non-hydrogen) atoms. The molecule has 86 valence electrons. The van der Waals surface area contributed by atoms with E-state index in [2.05, 4.69) is 32.2 Å². The first kappa shape index (κ1) is 11.2. The minimum atomic E-state index is 0.0956. The van der Waals surface area contributed by atoms with Gasteiger partial charge >= 0.3 is 0 Å². The highest BCUT2D eigenvalue weighted by atomic mass is 16.1. The van der Waals surface area contributed by atoms with Gasteiger partial charge < -0.3 is 5.32 Å². The van der Waals surface area contributed by atoms with Crippen molar-refractivity contribution in [2.24, 2.45) is 0 Å². The highest BCUT2D eigenvalue weighted by molar-refractivity contribution is 6.03. The molecule has 1 aromatic rings. The number of carbonyl (C=O) groups excluding carboxylic acids is 1. The molecule has 0 saturated heterocycles. The van der Waals surface area contributed by atoms with Gasteiger partial charge in [0.15, 0.2) is 5.78 Å². The zero-order chi connectivity index (χ0) is 11.9. The van der Waals surface area contributed by atoms with E-state index in [1.165, 1.54) is 5.56 Å². The normalized spacial score (nSPS) is 20.2. The minimum Gasteiger partial charge on any atom is -0.382 e. The molecule has 1 heterocycles. The molecule has 0 spiro atoms. The molecule has 0 fully saturated rings. The maximum absolute atomic E-state index is 11.9. The Balaban J connectivity index is 2.47. The second kappa shape index (κ2) is 3.62. The van der Waals surface area contributed by atoms with Crippen LogP contribution in [0.5, 0.6) is 0 Å². The van der Waals surface area contributed by atoms with Gasteiger partial charge in [-0.2, -0.15) is 0 Å². The molecule has 1 N–H and O–H groups in total. The number of benzene rings is 1. The average Bonchev–Trinajstić information content (AvgIpc) is 2.15. The smallest absolute Gasteiger partial charge is 0.166 e. The zero-order valence-corrected chi connectivity index (χ0v) is 10.4. The van der Waals surface area contributed by atoms with E-state index >= 15 is 0 Å². The summed E-state index contributed by atoms with van der Waals surface area (Å²) in [5.41, 5.74) is 3.15. The van der Waals surface area contributed by atoms with E-state index in [0.717, 1.165) is 11.3 Å². The number of nitrogens with one attached hydrogen (secondary N) is 1. The van der Waals surface area contributed by atoms with Crippen molar-refractivity contribution in [2.75, 3.05) is 5.32 Å². The van der Waals surface area contributed by atoms with Crippen LogP contribution in [0.3, 0.4) is 0 Å². The molecule has 1 unspecified atom stereocenters. The summed E-state index contributed by atoms with van der Waals surface area (Å²) in [6.45, 7) is 8.53. The maximum atomic E-state index is 11.9. The van der Waals surface area contributed by atoms with Gasteiger partial charge in [0.1, 0.15) is 0 Å². The van der Waals surface area contributed by atoms with Crippen LogP contribution in [-0.2, 0) is 5.41 Å². The third-order valence-corrected chi connectivity index (χ3v) is 3.08. The molecule has 0 amide bonds. The van der Waals surface area contributed by atoms with Crippen molar-refractivity contribution in [1.29, 1.82) is 0 Å². The van der Waals surface area contributed by atoms with Gasteiger partial charge in [-0.3, -0.25) is 4.79 Å². The number of hydrogen-bond donors (Lipinski definition) is 1. The molecule has 2 heteroatoms. The summed E-state index contributed by atoms with van der Waals surface area (Å²) in [6.07, 6.45) is 0.598. The van der Waals surface area contributed by atoms with Crippen molar-refractivity contribution in [3.05, 3.63) is 29.3 Å². The number of Topliss-reactive ketones (excluding diaryl/α,β-unsaturated/α-hetero) is 1. The van der Waals surface area contributed by atoms with Crippen molar-refractivity contribution < 1.29 is 4.79 Å². The van der Waals surface area contributed by atoms with E-state index in [-0.39, 0.29) is 17.2 Å². The number of carbonyl (C=O) groups is 1. The molecule has 1 aliphatic heterocycles. The number of anilines is 1. The quantitative estimate of drug-likeness (QED) is 0.722. The van der Waals surface area contributed by atoms with Crippen LogP contribution in [-0.4, -0.2) is 11.8 Å². The number of ketones is 1. The van der Waals surface area contributed by atoms with Crippen molar-refractivity contribution in [3.8, 4) is 0 Å². The van der Waals surface area contributed by atoms with Crippen LogP contribution in [0, 0.1) is 0 Å². The molecule has 0 aromatic heterocycles. The van der Waals surface area contributed by atoms with Gasteiger partial charge in [-0.25, -0.2) is 0 Å². The lowest BCUT2D eigenvalue weighted by Gasteiger charge is -2.26. The van der Waals surface area contributed by atoms with Crippen LogP contribution in [0.1, 0.15) is 50.0 Å². The Labute approximate surface area is 97.1 Å². The molecular weight excluding hydrogens is 198 g/mol. The summed E-state index contributed by atoms with van der Waals surface area (Å²) in [7, 11) is 0. The molecule has 1 atom stereocenters. The summed E-state index contributed by atoms with van der Waals surface area (Å²) >= 11 is 0. The number of fused-ring (bicyclic) bond motifs is 1. The van der Waals surface area contributed by atoms with Gasteiger partial charge in [0, 0.05) is 23.7 Å². The van der Waals surface area contributed by atoms with Gasteiger partial charge in [0.25, 0.3) is 0 Å². The molecule has 0 radical (unpaired) electrons. The Hall–Kier alpha value is -1.31. The summed E-state index contributed by atoms with van der Waals surface area (Å²) in [4.78, 5) is 11.9. The third kappa shape index (κ3) is 1.97. The third-order valence-electron chi connectivity index (χ3n) is 3.08. The van der Waals surface area contributed by atoms with Gasteiger partial charge in [-0.1, -0.05) is 26.8 Å². The Morgan fingerprint density at radius 1 is 1.31 bits per heavy atom. The molecular formula is C14H19NO. The molecule has 0 aliphatic carbocycles. The predicted molar refractivity (Wildman–Crippen MR) is 67.2 cm³/mol. The van der Waals surface area contributed by atoms with Crippen LogP contribution in [0.2, 0.25) is 0 Å². The fraction of sp³-hybridized carbons (Fsp3) is 0.500. The SMILES string of the molecule is CC1CC(=O)c2cc(C(C)(C)C)ccc2N1. The van der Waals surface area contributed by atoms with Gasteiger partial charge in [-0.05, 0) is 30.0 Å². The fourth-order valence-corrected chi connectivity index (χ4v) is 2.07. The lowest BCUT2D eigenvalue weighted by atomic mass is 9.84. The summed E-state index contributed by atoms with van der Waals surface area (Å²) in [6, 6.07) is 6.43. The number of hydrogen-bond acceptors (Lipinski definition) is 2. The average molecular weight is 217 g/mol. The summed E-state index contributed by atoms with van der Waals surface area (Å²) in [5, 5.41) is 3.35. The van der Waals surface area contributed by atoms with Crippen LogP contribution in [0.25, 0.3) is 0 Å². The highest BCUT2D eigenvalue weighted by Gasteiger charge is 2.23. The first-order valence-corrected chi connectivity index (χ1v) is 5.82. The maximum Gasteiger partial charge on any atom is 0.166 e. The molecule has 2 rings (SSSR count). The monoisotopic (exact) mass is 217 g/mol. The lowest BCUT2D eigenvalue weighted by Crippen LogP contribution is -2.27. The first-order valence-electron chi connectivity index (χ1n) is 5.82. The Kier molecular flexibility index (Phi) is 2.53. The van der Waals surface area contributed by atoms with Crippen molar-refractivity contribution >= 4 is 11.5 Å². The van der Waals surface area contributed by atoms with E-state index < -0.39 is 0 Å². The van der Waals surface area contributed by atoms with E-state index in [4.69, 9.17) is 0 Å². The van der Waals surface area contributed by atoms with Gasteiger partial charge in [0.05, 0.1) is 0 Å². The topological polar surface area (TPSA) is 29.1 Å². The van der Waals surface area contributed by atoms with E-state index in [9.17, 15) is 4.79 Å².